The van der Waals surface area contributed by atoms with E-state index >= 15 is 0 Å². The zero-order chi connectivity index (χ0) is 15.8. The summed E-state index contributed by atoms with van der Waals surface area (Å²) < 4.78 is 32.1. The van der Waals surface area contributed by atoms with Crippen LogP contribution in [0.25, 0.3) is 0 Å². The van der Waals surface area contributed by atoms with Crippen molar-refractivity contribution in [2.24, 2.45) is 0 Å². The van der Waals surface area contributed by atoms with Crippen LogP contribution >= 0.6 is 22.9 Å². The lowest BCUT2D eigenvalue weighted by molar-refractivity contribution is 0.0702. The van der Waals surface area contributed by atoms with Crippen LogP contribution < -0.4 is 4.72 Å². The van der Waals surface area contributed by atoms with E-state index < -0.39 is 16.0 Å². The molecular formula is C12H12ClNO5S2. The number of carboxylic acids is 1. The molecule has 0 aliphatic rings. The predicted octanol–water partition coefficient (Wildman–Crippen LogP) is 2.79. The Bertz CT molecular complexity index is 791. The van der Waals surface area contributed by atoms with Gasteiger partial charge in [-0.25, -0.2) is 17.9 Å². The summed E-state index contributed by atoms with van der Waals surface area (Å²) in [7, 11) is -3.74. The molecule has 0 bridgehead atoms. The van der Waals surface area contributed by atoms with Crippen molar-refractivity contribution < 1.29 is 22.7 Å². The van der Waals surface area contributed by atoms with Crippen LogP contribution in [0, 0.1) is 13.8 Å². The molecule has 21 heavy (non-hydrogen) atoms. The van der Waals surface area contributed by atoms with E-state index in [0.717, 1.165) is 11.3 Å². The fourth-order valence-corrected chi connectivity index (χ4v) is 4.11. The minimum atomic E-state index is -3.74. The average molecular weight is 350 g/mol. The molecule has 2 aromatic heterocycles. The summed E-state index contributed by atoms with van der Waals surface area (Å²) in [6.45, 7) is 3.12. The fourth-order valence-electron chi connectivity index (χ4n) is 1.76. The smallest absolute Gasteiger partial charge is 0.345 e. The van der Waals surface area contributed by atoms with Gasteiger partial charge in [-0.1, -0.05) is 11.6 Å². The molecule has 114 valence electrons. The fraction of sp³-hybridized carbons (Fsp3) is 0.250. The summed E-state index contributed by atoms with van der Waals surface area (Å²) in [5.41, 5.74) is 0.417. The van der Waals surface area contributed by atoms with E-state index in [1.165, 1.54) is 12.1 Å². The number of hydrogen-bond donors (Lipinski definition) is 2. The quantitative estimate of drug-likeness (QED) is 0.865. The highest BCUT2D eigenvalue weighted by molar-refractivity contribution is 7.89. The van der Waals surface area contributed by atoms with Gasteiger partial charge in [0.15, 0.2) is 0 Å². The molecule has 2 heterocycles. The molecule has 2 N–H and O–H groups in total. The van der Waals surface area contributed by atoms with E-state index in [-0.39, 0.29) is 20.7 Å². The number of furan rings is 1. The number of carbonyl (C=O) groups is 1. The third kappa shape index (κ3) is 3.46. The van der Waals surface area contributed by atoms with Crippen molar-refractivity contribution in [2.45, 2.75) is 25.3 Å². The minimum absolute atomic E-state index is 0.0598. The van der Waals surface area contributed by atoms with Gasteiger partial charge in [-0.3, -0.25) is 0 Å². The van der Waals surface area contributed by atoms with Gasteiger partial charge >= 0.3 is 5.97 Å². The van der Waals surface area contributed by atoms with E-state index in [2.05, 4.69) is 4.72 Å². The molecule has 0 unspecified atom stereocenters. The minimum Gasteiger partial charge on any atom is -0.477 e. The maximum absolute atomic E-state index is 12.2. The Hall–Kier alpha value is -1.35. The largest absolute Gasteiger partial charge is 0.477 e. The summed E-state index contributed by atoms with van der Waals surface area (Å²) in [6, 6.07) is 2.78. The van der Waals surface area contributed by atoms with Crippen LogP contribution in [0.2, 0.25) is 4.34 Å². The first-order valence-electron chi connectivity index (χ1n) is 5.79. The number of nitrogens with one attached hydrogen (secondary N) is 1. The lowest BCUT2D eigenvalue weighted by Crippen LogP contribution is -2.23. The van der Waals surface area contributed by atoms with E-state index in [9.17, 15) is 13.2 Å². The molecule has 0 amide bonds. The van der Waals surface area contributed by atoms with E-state index in [1.54, 1.807) is 13.8 Å². The van der Waals surface area contributed by atoms with Gasteiger partial charge in [-0.05, 0) is 31.5 Å². The monoisotopic (exact) mass is 349 g/mol. The van der Waals surface area contributed by atoms with Gasteiger partial charge in [0.05, 0.1) is 4.34 Å². The van der Waals surface area contributed by atoms with Crippen molar-refractivity contribution in [3.63, 3.8) is 0 Å². The van der Waals surface area contributed by atoms with Gasteiger partial charge < -0.3 is 9.52 Å². The molecule has 0 saturated carbocycles. The second kappa shape index (κ2) is 5.80. The van der Waals surface area contributed by atoms with Crippen LogP contribution in [0.5, 0.6) is 0 Å². The third-order valence-corrected chi connectivity index (χ3v) is 5.64. The van der Waals surface area contributed by atoms with Gasteiger partial charge in [0.1, 0.15) is 21.3 Å². The first-order chi connectivity index (χ1) is 9.70. The van der Waals surface area contributed by atoms with Crippen molar-refractivity contribution in [1.29, 1.82) is 0 Å². The summed E-state index contributed by atoms with van der Waals surface area (Å²) in [6.07, 6.45) is 0. The van der Waals surface area contributed by atoms with Crippen LogP contribution in [-0.2, 0) is 16.6 Å². The summed E-state index contributed by atoms with van der Waals surface area (Å²) in [4.78, 5) is 11.0. The maximum atomic E-state index is 12.2. The van der Waals surface area contributed by atoms with Gasteiger partial charge in [-0.15, -0.1) is 11.3 Å². The number of sulfonamides is 1. The lowest BCUT2D eigenvalue weighted by atomic mass is 10.3. The van der Waals surface area contributed by atoms with Crippen molar-refractivity contribution in [1.82, 2.24) is 4.72 Å². The molecule has 0 atom stereocenters. The van der Waals surface area contributed by atoms with Crippen LogP contribution in [0.1, 0.15) is 26.8 Å². The summed E-state index contributed by atoms with van der Waals surface area (Å²) in [5.74, 6) is -0.311. The normalized spacial score (nSPS) is 11.8. The average Bonchev–Trinajstić information content (AvgIpc) is 2.90. The third-order valence-electron chi connectivity index (χ3n) is 2.71. The van der Waals surface area contributed by atoms with E-state index in [4.69, 9.17) is 21.1 Å². The van der Waals surface area contributed by atoms with Gasteiger partial charge in [0.2, 0.25) is 10.0 Å². The predicted molar refractivity (Wildman–Crippen MR) is 78.5 cm³/mol. The van der Waals surface area contributed by atoms with Crippen LogP contribution in [0.4, 0.5) is 0 Å². The first kappa shape index (κ1) is 16.0. The van der Waals surface area contributed by atoms with Crippen LogP contribution in [-0.4, -0.2) is 19.5 Å². The number of halogens is 1. The molecule has 0 aliphatic carbocycles. The molecule has 0 spiro atoms. The van der Waals surface area contributed by atoms with Crippen LogP contribution in [0.15, 0.2) is 21.4 Å². The number of rotatable bonds is 5. The van der Waals surface area contributed by atoms with Crippen molar-refractivity contribution in [2.75, 3.05) is 0 Å². The molecular weight excluding hydrogens is 338 g/mol. The molecule has 0 radical (unpaired) electrons. The van der Waals surface area contributed by atoms with E-state index in [1.807, 2.05) is 0 Å². The molecule has 0 fully saturated rings. The highest BCUT2D eigenvalue weighted by Crippen LogP contribution is 2.28. The van der Waals surface area contributed by atoms with Gasteiger partial charge in [-0.2, -0.15) is 0 Å². The zero-order valence-electron chi connectivity index (χ0n) is 11.1. The maximum Gasteiger partial charge on any atom is 0.345 e. The highest BCUT2D eigenvalue weighted by atomic mass is 35.5. The number of aryl methyl sites for hydroxylation is 2. The number of aromatic carboxylic acids is 1. The Morgan fingerprint density at radius 1 is 1.43 bits per heavy atom. The zero-order valence-corrected chi connectivity index (χ0v) is 13.5. The Morgan fingerprint density at radius 2 is 2.10 bits per heavy atom. The topological polar surface area (TPSA) is 96.6 Å². The summed E-state index contributed by atoms with van der Waals surface area (Å²) >= 11 is 6.79. The second-order valence-electron chi connectivity index (χ2n) is 4.32. The number of thiophene rings is 1. The Labute approximate surface area is 130 Å². The Kier molecular flexibility index (Phi) is 4.43. The van der Waals surface area contributed by atoms with Crippen molar-refractivity contribution in [3.8, 4) is 0 Å². The van der Waals surface area contributed by atoms with Crippen LogP contribution in [0.3, 0.4) is 0 Å². The Morgan fingerprint density at radius 3 is 2.57 bits per heavy atom. The van der Waals surface area contributed by atoms with E-state index in [0.29, 0.717) is 17.1 Å². The highest BCUT2D eigenvalue weighted by Gasteiger charge is 2.21. The van der Waals surface area contributed by atoms with Gasteiger partial charge in [0, 0.05) is 6.54 Å². The molecule has 0 aliphatic heterocycles. The number of carboxylic acid groups (broad SMARTS) is 1. The standard InChI is InChI=1S/C12H12ClNO5S2/c1-6-3-10(7(2)19-6)21(17,18)14-5-8-4-9(12(15)16)20-11(8)13/h3-4,14H,5H2,1-2H3,(H,15,16). The van der Waals surface area contributed by atoms with Crippen molar-refractivity contribution in [3.05, 3.63) is 38.4 Å². The molecule has 6 nitrogen and oxygen atoms in total. The molecule has 2 aromatic rings. The van der Waals surface area contributed by atoms with Crippen molar-refractivity contribution >= 4 is 38.9 Å². The lowest BCUT2D eigenvalue weighted by Gasteiger charge is -2.04. The summed E-state index contributed by atoms with van der Waals surface area (Å²) in [5, 5.41) is 8.87. The molecule has 0 saturated heterocycles. The molecule has 0 aromatic carbocycles. The molecule has 2 rings (SSSR count). The first-order valence-corrected chi connectivity index (χ1v) is 8.46. The SMILES string of the molecule is Cc1cc(S(=O)(=O)NCc2cc(C(=O)O)sc2Cl)c(C)o1. The second-order valence-corrected chi connectivity index (χ2v) is 7.71. The Balaban J connectivity index is 2.19. The molecule has 9 heteroatoms. The van der Waals surface area contributed by atoms with Gasteiger partial charge in [0.25, 0.3) is 0 Å². The number of hydrogen-bond acceptors (Lipinski definition) is 5.